The highest BCUT2D eigenvalue weighted by Gasteiger charge is 2.27. The average molecular weight is 488 g/mol. The Kier molecular flexibility index (Phi) is 6.42. The molecule has 1 fully saturated rings. The largest absolute Gasteiger partial charge is 0.364 e. The summed E-state index contributed by atoms with van der Waals surface area (Å²) in [5.74, 6) is 0.700. The summed E-state index contributed by atoms with van der Waals surface area (Å²) in [5, 5.41) is 12.2. The molecule has 4 aromatic rings. The van der Waals surface area contributed by atoms with Crippen molar-refractivity contribution in [2.75, 3.05) is 31.5 Å². The molecule has 2 amide bonds. The number of nitrogens with zero attached hydrogens (tertiary/aromatic N) is 3. The van der Waals surface area contributed by atoms with Crippen molar-refractivity contribution >= 4 is 40.1 Å². The van der Waals surface area contributed by atoms with E-state index in [1.165, 1.54) is 0 Å². The van der Waals surface area contributed by atoms with Crippen molar-refractivity contribution in [2.24, 2.45) is 0 Å². The van der Waals surface area contributed by atoms with Gasteiger partial charge in [0.15, 0.2) is 5.82 Å². The van der Waals surface area contributed by atoms with E-state index in [-0.39, 0.29) is 11.8 Å². The number of aromatic nitrogens is 2. The van der Waals surface area contributed by atoms with Crippen molar-refractivity contribution in [1.29, 1.82) is 0 Å². The summed E-state index contributed by atoms with van der Waals surface area (Å²) in [6, 6.07) is 21.0. The minimum atomic E-state index is -0.0817. The van der Waals surface area contributed by atoms with E-state index >= 15 is 0 Å². The summed E-state index contributed by atoms with van der Waals surface area (Å²) in [7, 11) is 0. The predicted octanol–water partition coefficient (Wildman–Crippen LogP) is 4.74. The van der Waals surface area contributed by atoms with Crippen LogP contribution in [0.15, 0.2) is 66.7 Å². The molecule has 3 aromatic carbocycles. The summed E-state index contributed by atoms with van der Waals surface area (Å²) in [5.41, 5.74) is 4.08. The highest BCUT2D eigenvalue weighted by molar-refractivity contribution is 6.34. The fourth-order valence-electron chi connectivity index (χ4n) is 4.41. The molecule has 2 heterocycles. The van der Waals surface area contributed by atoms with Crippen LogP contribution in [0.2, 0.25) is 5.02 Å². The quantitative estimate of drug-likeness (QED) is 0.426. The van der Waals surface area contributed by atoms with Crippen LogP contribution in [0.4, 0.5) is 5.82 Å². The molecule has 0 atom stereocenters. The Hall–Kier alpha value is -3.84. The van der Waals surface area contributed by atoms with Crippen LogP contribution in [0.1, 0.15) is 31.8 Å². The van der Waals surface area contributed by atoms with E-state index < -0.39 is 0 Å². The highest BCUT2D eigenvalue weighted by atomic mass is 35.5. The molecule has 5 rings (SSSR count). The van der Waals surface area contributed by atoms with Gasteiger partial charge in [0, 0.05) is 43.7 Å². The number of carbonyl (C=O) groups excluding carboxylic acids is 2. The minimum Gasteiger partial charge on any atom is -0.364 e. The van der Waals surface area contributed by atoms with Crippen LogP contribution < -0.4 is 5.32 Å². The molecule has 1 saturated heterocycles. The Bertz CT molecular complexity index is 1350. The van der Waals surface area contributed by atoms with Crippen molar-refractivity contribution < 1.29 is 9.59 Å². The number of para-hydroxylation sites is 1. The average Bonchev–Trinajstić information content (AvgIpc) is 3.30. The number of benzene rings is 3. The molecule has 0 bridgehead atoms. The number of aromatic amines is 1. The fraction of sp³-hybridized carbons (Fsp3) is 0.222. The number of hydrogen-bond acceptors (Lipinski definition) is 4. The smallest absolute Gasteiger partial charge is 0.255 e. The van der Waals surface area contributed by atoms with Gasteiger partial charge in [-0.3, -0.25) is 14.7 Å². The molecule has 0 saturated carbocycles. The zero-order chi connectivity index (χ0) is 24.4. The zero-order valence-corrected chi connectivity index (χ0v) is 20.2. The number of nitrogens with one attached hydrogen (secondary N) is 2. The molecule has 1 aliphatic heterocycles. The van der Waals surface area contributed by atoms with Gasteiger partial charge in [-0.15, -0.1) is 0 Å². The van der Waals surface area contributed by atoms with Crippen molar-refractivity contribution in [3.63, 3.8) is 0 Å². The molecular formula is C27H26ClN5O2. The minimum absolute atomic E-state index is 0.0242. The van der Waals surface area contributed by atoms with Crippen LogP contribution in [0.3, 0.4) is 0 Å². The Balaban J connectivity index is 1.17. The van der Waals surface area contributed by atoms with Gasteiger partial charge in [-0.25, -0.2) is 0 Å². The second-order valence-electron chi connectivity index (χ2n) is 8.68. The van der Waals surface area contributed by atoms with E-state index in [0.29, 0.717) is 48.9 Å². The number of carbonyl (C=O) groups is 2. The molecule has 8 heteroatoms. The Labute approximate surface area is 208 Å². The summed E-state index contributed by atoms with van der Waals surface area (Å²) in [6.45, 7) is 4.43. The molecule has 2 N–H and O–H groups in total. The lowest BCUT2D eigenvalue weighted by molar-refractivity contribution is 0.0535. The Morgan fingerprint density at radius 2 is 1.60 bits per heavy atom. The molecule has 0 unspecified atom stereocenters. The van der Waals surface area contributed by atoms with E-state index in [4.69, 9.17) is 11.6 Å². The van der Waals surface area contributed by atoms with E-state index in [2.05, 4.69) is 15.5 Å². The van der Waals surface area contributed by atoms with Crippen LogP contribution in [0, 0.1) is 6.92 Å². The van der Waals surface area contributed by atoms with E-state index in [9.17, 15) is 9.59 Å². The monoisotopic (exact) mass is 487 g/mol. The number of H-pyrrole nitrogens is 1. The van der Waals surface area contributed by atoms with Gasteiger partial charge in [-0.05, 0) is 48.4 Å². The van der Waals surface area contributed by atoms with Crippen LogP contribution >= 0.6 is 11.6 Å². The standard InChI is InChI=1S/C27H26ClN5O2/c1-18-5-4-7-22(28)24(18)27(35)33-15-13-32(14-16-33)26(34)20-11-9-19(10-12-20)17-29-25-21-6-2-3-8-23(21)30-31-25/h2-12H,13-17H2,1H3,(H2,29,30,31). The third-order valence-corrected chi connectivity index (χ3v) is 6.74. The van der Waals surface area contributed by atoms with Gasteiger partial charge in [0.2, 0.25) is 0 Å². The molecule has 1 aliphatic rings. The number of anilines is 1. The van der Waals surface area contributed by atoms with Crippen molar-refractivity contribution in [1.82, 2.24) is 20.0 Å². The third-order valence-electron chi connectivity index (χ3n) is 6.42. The summed E-state index contributed by atoms with van der Waals surface area (Å²) in [6.07, 6.45) is 0. The Morgan fingerprint density at radius 1 is 0.914 bits per heavy atom. The van der Waals surface area contributed by atoms with Gasteiger partial charge < -0.3 is 15.1 Å². The van der Waals surface area contributed by atoms with Gasteiger partial charge in [0.05, 0.1) is 16.1 Å². The van der Waals surface area contributed by atoms with Crippen LogP contribution in [0.25, 0.3) is 10.9 Å². The Morgan fingerprint density at radius 3 is 2.31 bits per heavy atom. The lowest BCUT2D eigenvalue weighted by Gasteiger charge is -2.35. The van der Waals surface area contributed by atoms with Crippen LogP contribution in [0.5, 0.6) is 0 Å². The number of halogens is 1. The van der Waals surface area contributed by atoms with Crippen LogP contribution in [-0.4, -0.2) is 58.0 Å². The van der Waals surface area contributed by atoms with E-state index in [1.807, 2.05) is 67.6 Å². The van der Waals surface area contributed by atoms with E-state index in [1.54, 1.807) is 15.9 Å². The van der Waals surface area contributed by atoms with Crippen molar-refractivity contribution in [3.8, 4) is 0 Å². The van der Waals surface area contributed by atoms with Crippen LogP contribution in [-0.2, 0) is 6.54 Å². The molecule has 7 nitrogen and oxygen atoms in total. The number of hydrogen-bond donors (Lipinski definition) is 2. The number of amides is 2. The molecule has 1 aromatic heterocycles. The number of piperazine rings is 1. The SMILES string of the molecule is Cc1cccc(Cl)c1C(=O)N1CCN(C(=O)c2ccc(CNc3n[nH]c4ccccc34)cc2)CC1. The lowest BCUT2D eigenvalue weighted by atomic mass is 10.1. The molecule has 0 radical (unpaired) electrons. The maximum absolute atomic E-state index is 13.0. The second kappa shape index (κ2) is 9.80. The first-order valence-corrected chi connectivity index (χ1v) is 12.0. The third kappa shape index (κ3) is 4.72. The molecule has 35 heavy (non-hydrogen) atoms. The normalized spacial score (nSPS) is 13.8. The second-order valence-corrected chi connectivity index (χ2v) is 9.09. The topological polar surface area (TPSA) is 81.3 Å². The van der Waals surface area contributed by atoms with Gasteiger partial charge >= 0.3 is 0 Å². The lowest BCUT2D eigenvalue weighted by Crippen LogP contribution is -2.50. The zero-order valence-electron chi connectivity index (χ0n) is 19.4. The highest BCUT2D eigenvalue weighted by Crippen LogP contribution is 2.23. The van der Waals surface area contributed by atoms with Gasteiger partial charge in [-0.1, -0.05) is 48.0 Å². The summed E-state index contributed by atoms with van der Waals surface area (Å²) < 4.78 is 0. The molecule has 0 aliphatic carbocycles. The number of aryl methyl sites for hydroxylation is 1. The summed E-state index contributed by atoms with van der Waals surface area (Å²) >= 11 is 6.27. The maximum Gasteiger partial charge on any atom is 0.255 e. The maximum atomic E-state index is 13.0. The molecule has 178 valence electrons. The van der Waals surface area contributed by atoms with Gasteiger partial charge in [-0.2, -0.15) is 5.10 Å². The first kappa shape index (κ1) is 22.9. The fourth-order valence-corrected chi connectivity index (χ4v) is 4.71. The van der Waals surface area contributed by atoms with E-state index in [0.717, 1.165) is 27.8 Å². The number of rotatable bonds is 5. The first-order valence-electron chi connectivity index (χ1n) is 11.6. The predicted molar refractivity (Wildman–Crippen MR) is 138 cm³/mol. The van der Waals surface area contributed by atoms with Crippen molar-refractivity contribution in [2.45, 2.75) is 13.5 Å². The van der Waals surface area contributed by atoms with Gasteiger partial charge in [0.25, 0.3) is 11.8 Å². The van der Waals surface area contributed by atoms with Crippen molar-refractivity contribution in [3.05, 3.63) is 94.0 Å². The number of fused-ring (bicyclic) bond motifs is 1. The van der Waals surface area contributed by atoms with Gasteiger partial charge in [0.1, 0.15) is 0 Å². The molecular weight excluding hydrogens is 462 g/mol. The first-order chi connectivity index (χ1) is 17.0. The summed E-state index contributed by atoms with van der Waals surface area (Å²) in [4.78, 5) is 29.6. The molecule has 0 spiro atoms.